The molecular weight excluding hydrogens is 626 g/mol. The Morgan fingerprint density at radius 3 is 2.44 bits per heavy atom. The average Bonchev–Trinajstić information content (AvgIpc) is 2.97. The number of hydrogen-bond acceptors (Lipinski definition) is 3. The second-order valence-corrected chi connectivity index (χ2v) is 11.8. The smallest absolute Gasteiger partial charge is 0.226 e. The number of fused-ring (bicyclic) bond motifs is 2. The normalized spacial score (nSPS) is 18.2. The molecule has 1 aromatic carbocycles. The summed E-state index contributed by atoms with van der Waals surface area (Å²) in [6.45, 7) is 1.50. The summed E-state index contributed by atoms with van der Waals surface area (Å²) in [4.78, 5) is 19.9. The number of carbonyl (C=O) groups excluding carboxylic acids is 1. The van der Waals surface area contributed by atoms with E-state index in [-0.39, 0.29) is 11.8 Å². The van der Waals surface area contributed by atoms with E-state index < -0.39 is 0 Å². The predicted molar refractivity (Wildman–Crippen MR) is 140 cm³/mol. The zero-order valence-corrected chi connectivity index (χ0v) is 23.3. The van der Waals surface area contributed by atoms with E-state index >= 15 is 0 Å². The summed E-state index contributed by atoms with van der Waals surface area (Å²) in [7, 11) is 0. The molecule has 2 aromatic heterocycles. The molecule has 3 heterocycles. The molecule has 1 fully saturated rings. The van der Waals surface area contributed by atoms with Gasteiger partial charge in [0.2, 0.25) is 18.3 Å². The zero-order chi connectivity index (χ0) is 23.8. The molecule has 5 nitrogen and oxygen atoms in total. The van der Waals surface area contributed by atoms with E-state index in [2.05, 4.69) is 66.0 Å². The topological polar surface area (TPSA) is 57.3 Å². The van der Waals surface area contributed by atoms with Gasteiger partial charge in [-0.05, 0) is 88.0 Å². The van der Waals surface area contributed by atoms with Gasteiger partial charge < -0.3 is 4.90 Å². The van der Waals surface area contributed by atoms with Crippen LogP contribution in [0.15, 0.2) is 62.3 Å². The molecule has 5 rings (SSSR count). The maximum absolute atomic E-state index is 12.9. The minimum absolute atomic E-state index is 0.142. The minimum Gasteiger partial charge on any atom is -0.342 e. The van der Waals surface area contributed by atoms with Crippen LogP contribution >= 0.6 is 47.8 Å². The molecule has 1 saturated heterocycles. The lowest BCUT2D eigenvalue weighted by molar-refractivity contribution is -0.904. The van der Waals surface area contributed by atoms with Gasteiger partial charge in [-0.15, -0.1) is 0 Å². The van der Waals surface area contributed by atoms with Crippen LogP contribution in [0.2, 0.25) is 0 Å². The summed E-state index contributed by atoms with van der Waals surface area (Å²) in [5.74, 6) is 0.758. The average molecular weight is 651 g/mol. The molecule has 0 bridgehead atoms. The van der Waals surface area contributed by atoms with Gasteiger partial charge in [0.05, 0.1) is 12.1 Å². The Morgan fingerprint density at radius 2 is 1.71 bits per heavy atom. The van der Waals surface area contributed by atoms with Crippen LogP contribution in [0.1, 0.15) is 46.7 Å². The van der Waals surface area contributed by atoms with Crippen LogP contribution in [0.25, 0.3) is 0 Å². The predicted octanol–water partition coefficient (Wildman–Crippen LogP) is 5.61. The number of nitrogens with zero attached hydrogens (tertiary/aromatic N) is 3. The Kier molecular flexibility index (Phi) is 7.09. The molecule has 34 heavy (non-hydrogen) atoms. The second-order valence-electron chi connectivity index (χ2n) is 9.12. The highest BCUT2D eigenvalue weighted by molar-refractivity contribution is 9.11. The first-order valence-corrected chi connectivity index (χ1v) is 13.9. The number of aryl methyl sites for hydroxylation is 2. The summed E-state index contributed by atoms with van der Waals surface area (Å²) in [6, 6.07) is 10.2. The van der Waals surface area contributed by atoms with Crippen LogP contribution in [0.4, 0.5) is 0 Å². The van der Waals surface area contributed by atoms with Gasteiger partial charge in [0.15, 0.2) is 0 Å². The fourth-order valence-electron chi connectivity index (χ4n) is 5.37. The van der Waals surface area contributed by atoms with E-state index in [1.54, 1.807) is 24.5 Å². The summed E-state index contributed by atoms with van der Waals surface area (Å²) >= 11 is 11.1. The van der Waals surface area contributed by atoms with E-state index in [4.69, 9.17) is 4.98 Å². The number of amides is 1. The van der Waals surface area contributed by atoms with Crippen LogP contribution in [0.3, 0.4) is 0 Å². The van der Waals surface area contributed by atoms with E-state index in [0.29, 0.717) is 12.3 Å². The van der Waals surface area contributed by atoms with Crippen molar-refractivity contribution < 1.29 is 14.7 Å². The van der Waals surface area contributed by atoms with Crippen molar-refractivity contribution >= 4 is 53.7 Å². The number of rotatable bonds is 3. The summed E-state index contributed by atoms with van der Waals surface area (Å²) in [5, 5.41) is 9.41. The third-order valence-electron chi connectivity index (χ3n) is 7.02. The van der Waals surface area contributed by atoms with Crippen molar-refractivity contribution in [2.24, 2.45) is 5.92 Å². The molecule has 1 unspecified atom stereocenters. The third-order valence-corrected chi connectivity index (χ3v) is 8.57. The number of likely N-dealkylation sites (tertiary alicyclic amines) is 1. The highest BCUT2D eigenvalue weighted by Crippen LogP contribution is 2.46. The Balaban J connectivity index is 1.40. The summed E-state index contributed by atoms with van der Waals surface area (Å²) in [5.41, 5.74) is 6.11. The zero-order valence-electron chi connectivity index (χ0n) is 18.6. The van der Waals surface area contributed by atoms with Crippen molar-refractivity contribution in [1.29, 1.82) is 0 Å². The first-order chi connectivity index (χ1) is 16.4. The maximum atomic E-state index is 12.9. The van der Waals surface area contributed by atoms with Crippen LogP contribution in [-0.2, 0) is 24.1 Å². The minimum atomic E-state index is 0.142. The molecule has 0 saturated carbocycles. The van der Waals surface area contributed by atoms with E-state index in [0.717, 1.165) is 62.5 Å². The number of carbonyl (C=O) groups is 1. The van der Waals surface area contributed by atoms with Crippen molar-refractivity contribution in [2.45, 2.75) is 38.0 Å². The van der Waals surface area contributed by atoms with Gasteiger partial charge in [-0.2, -0.15) is 0 Å². The molecule has 2 aliphatic rings. The molecule has 1 aliphatic carbocycles. The number of benzene rings is 1. The molecule has 0 spiro atoms. The van der Waals surface area contributed by atoms with Gasteiger partial charge in [-0.1, -0.05) is 31.9 Å². The molecule has 0 radical (unpaired) electrons. The van der Waals surface area contributed by atoms with Crippen molar-refractivity contribution in [2.75, 3.05) is 13.1 Å². The third kappa shape index (κ3) is 4.95. The summed E-state index contributed by atoms with van der Waals surface area (Å²) in [6.07, 6.45) is 9.22. The Hall–Kier alpha value is -1.77. The van der Waals surface area contributed by atoms with Gasteiger partial charge in [0.25, 0.3) is 0 Å². The Bertz CT molecular complexity index is 1220. The van der Waals surface area contributed by atoms with Crippen LogP contribution in [-0.4, -0.2) is 34.1 Å². The van der Waals surface area contributed by atoms with Crippen molar-refractivity contribution in [3.63, 3.8) is 0 Å². The number of aromatic nitrogens is 2. The second kappa shape index (κ2) is 10.1. The quantitative estimate of drug-likeness (QED) is 0.297. The Morgan fingerprint density at radius 1 is 1.03 bits per heavy atom. The van der Waals surface area contributed by atoms with Gasteiger partial charge in [-0.3, -0.25) is 15.0 Å². The fourth-order valence-corrected chi connectivity index (χ4v) is 7.31. The Labute approximate surface area is 224 Å². The first-order valence-electron chi connectivity index (χ1n) is 11.5. The highest BCUT2D eigenvalue weighted by atomic mass is 79.9. The van der Waals surface area contributed by atoms with Gasteiger partial charge in [0.1, 0.15) is 0 Å². The van der Waals surface area contributed by atoms with E-state index in [1.165, 1.54) is 22.4 Å². The molecule has 1 N–H and O–H groups in total. The molecule has 8 heteroatoms. The van der Waals surface area contributed by atoms with Crippen LogP contribution in [0.5, 0.6) is 0 Å². The number of pyridine rings is 2. The lowest BCUT2D eigenvalue weighted by Crippen LogP contribution is -2.41. The van der Waals surface area contributed by atoms with E-state index in [9.17, 15) is 10.0 Å². The number of piperidine rings is 1. The molecule has 1 amide bonds. The highest BCUT2D eigenvalue weighted by Gasteiger charge is 2.36. The standard InChI is InChI=1S/C26H25Br3N3O2/c27-20-12-18-1-2-19-13-21(28)15-30-26(19)25(24(18)22(29)14-20)17-5-7-31(8-6-17)23(33)11-16-3-9-32(34)10-4-16/h3-4,9-10,12-15,17,25,34H,1-2,5-8,11H2/q+1. The lowest BCUT2D eigenvalue weighted by Gasteiger charge is -2.37. The largest absolute Gasteiger partial charge is 0.342 e. The van der Waals surface area contributed by atoms with Crippen molar-refractivity contribution in [1.82, 2.24) is 9.88 Å². The molecule has 1 aliphatic heterocycles. The number of hydrogen-bond donors (Lipinski definition) is 1. The monoisotopic (exact) mass is 648 g/mol. The van der Waals surface area contributed by atoms with Crippen molar-refractivity contribution in [3.8, 4) is 0 Å². The molecular formula is C26H25Br3N3O2+. The van der Waals surface area contributed by atoms with Gasteiger partial charge >= 0.3 is 0 Å². The van der Waals surface area contributed by atoms with Gasteiger partial charge in [0, 0.05) is 55.5 Å². The van der Waals surface area contributed by atoms with Crippen LogP contribution in [0, 0.1) is 5.92 Å². The molecule has 1 atom stereocenters. The fraction of sp³-hybridized carbons (Fsp3) is 0.346. The maximum Gasteiger partial charge on any atom is 0.226 e. The van der Waals surface area contributed by atoms with Gasteiger partial charge in [-0.25, -0.2) is 0 Å². The first kappa shape index (κ1) is 23.9. The van der Waals surface area contributed by atoms with Crippen molar-refractivity contribution in [3.05, 3.63) is 90.3 Å². The van der Waals surface area contributed by atoms with Crippen LogP contribution < -0.4 is 4.73 Å². The SMILES string of the molecule is O=C(Cc1cc[n+](O)cc1)N1CCC(C2c3ncc(Br)cc3CCc3cc(Br)cc(Br)c32)CC1. The number of halogens is 3. The lowest BCUT2D eigenvalue weighted by atomic mass is 9.76. The molecule has 176 valence electrons. The molecule has 3 aromatic rings. The van der Waals surface area contributed by atoms with E-state index in [1.807, 2.05) is 11.1 Å². The summed E-state index contributed by atoms with van der Waals surface area (Å²) < 4.78 is 4.22.